The second-order valence-corrected chi connectivity index (χ2v) is 4.57. The highest BCUT2D eigenvalue weighted by Gasteiger charge is 2.32. The molecule has 0 radical (unpaired) electrons. The van der Waals surface area contributed by atoms with Crippen LogP contribution in [0.3, 0.4) is 0 Å². The van der Waals surface area contributed by atoms with Crippen molar-refractivity contribution in [2.45, 2.75) is 19.6 Å². The van der Waals surface area contributed by atoms with Gasteiger partial charge in [-0.1, -0.05) is 6.07 Å². The van der Waals surface area contributed by atoms with Crippen molar-refractivity contribution < 1.29 is 22.7 Å². The SMILES string of the molecule is [C-]#[N+]c1ccc2c(cc(C(=O)OCC)n2CC(F)(F)F)c1C#N. The predicted octanol–water partition coefficient (Wildman–Crippen LogP) is 3.80. The summed E-state index contributed by atoms with van der Waals surface area (Å²) in [4.78, 5) is 15.1. The maximum atomic E-state index is 12.8. The minimum absolute atomic E-state index is 0.00475. The number of carbonyl (C=O) groups excluding carboxylic acids is 1. The van der Waals surface area contributed by atoms with Crippen LogP contribution in [-0.4, -0.2) is 23.3 Å². The minimum atomic E-state index is -4.56. The second-order valence-electron chi connectivity index (χ2n) is 4.57. The number of hydrogen-bond donors (Lipinski definition) is 0. The highest BCUT2D eigenvalue weighted by Crippen LogP contribution is 2.32. The molecule has 2 rings (SSSR count). The van der Waals surface area contributed by atoms with Crippen LogP contribution in [0.1, 0.15) is 23.0 Å². The Morgan fingerprint density at radius 1 is 1.48 bits per heavy atom. The lowest BCUT2D eigenvalue weighted by molar-refractivity contribution is -0.140. The highest BCUT2D eigenvalue weighted by molar-refractivity contribution is 5.99. The van der Waals surface area contributed by atoms with Crippen molar-refractivity contribution in [3.8, 4) is 6.07 Å². The molecule has 0 aliphatic carbocycles. The van der Waals surface area contributed by atoms with E-state index in [0.29, 0.717) is 0 Å². The van der Waals surface area contributed by atoms with Gasteiger partial charge in [-0.25, -0.2) is 9.64 Å². The first-order chi connectivity index (χ1) is 10.8. The predicted molar refractivity (Wildman–Crippen MR) is 74.9 cm³/mol. The standard InChI is InChI=1S/C15H10F3N3O2/c1-3-23-14(22)13-6-9-10(7-19)11(20-2)4-5-12(9)21(13)8-15(16,17)18/h4-6H,3,8H2,1H3. The lowest BCUT2D eigenvalue weighted by Gasteiger charge is -2.12. The van der Waals surface area contributed by atoms with Gasteiger partial charge < -0.3 is 9.30 Å². The molecule has 0 unspecified atom stereocenters. The van der Waals surface area contributed by atoms with E-state index in [2.05, 4.69) is 4.85 Å². The Bertz CT molecular complexity index is 854. The van der Waals surface area contributed by atoms with Crippen LogP contribution in [0.2, 0.25) is 0 Å². The summed E-state index contributed by atoms with van der Waals surface area (Å²) in [5, 5.41) is 9.30. The molecule has 1 heterocycles. The van der Waals surface area contributed by atoms with E-state index in [0.717, 1.165) is 10.6 Å². The highest BCUT2D eigenvalue weighted by atomic mass is 19.4. The molecule has 0 aliphatic heterocycles. The average Bonchev–Trinajstić information content (AvgIpc) is 2.83. The van der Waals surface area contributed by atoms with Crippen molar-refractivity contribution in [2.75, 3.05) is 6.61 Å². The molecule has 5 nitrogen and oxygen atoms in total. The summed E-state index contributed by atoms with van der Waals surface area (Å²) in [5.74, 6) is -0.916. The maximum Gasteiger partial charge on any atom is 0.406 e. The molecule has 0 atom stereocenters. The number of alkyl halides is 3. The number of fused-ring (bicyclic) bond motifs is 1. The fourth-order valence-electron chi connectivity index (χ4n) is 2.26. The maximum absolute atomic E-state index is 12.8. The number of nitriles is 1. The van der Waals surface area contributed by atoms with Gasteiger partial charge in [0.2, 0.25) is 5.69 Å². The van der Waals surface area contributed by atoms with Crippen LogP contribution in [0.4, 0.5) is 18.9 Å². The molecule has 0 N–H and O–H groups in total. The van der Waals surface area contributed by atoms with Crippen LogP contribution in [-0.2, 0) is 11.3 Å². The van der Waals surface area contributed by atoms with E-state index >= 15 is 0 Å². The Labute approximate surface area is 129 Å². The zero-order valence-electron chi connectivity index (χ0n) is 11.9. The molecule has 1 aromatic heterocycles. The number of rotatable bonds is 3. The van der Waals surface area contributed by atoms with Crippen molar-refractivity contribution in [2.24, 2.45) is 0 Å². The average molecular weight is 321 g/mol. The van der Waals surface area contributed by atoms with Gasteiger partial charge in [-0.2, -0.15) is 18.4 Å². The van der Waals surface area contributed by atoms with Gasteiger partial charge >= 0.3 is 12.1 Å². The van der Waals surface area contributed by atoms with Crippen molar-refractivity contribution in [1.82, 2.24) is 4.57 Å². The Hall–Kier alpha value is -3.00. The third kappa shape index (κ3) is 3.11. The summed E-state index contributed by atoms with van der Waals surface area (Å²) in [7, 11) is 0. The quantitative estimate of drug-likeness (QED) is 0.638. The Balaban J connectivity index is 2.79. The smallest absolute Gasteiger partial charge is 0.406 e. The monoisotopic (exact) mass is 321 g/mol. The van der Waals surface area contributed by atoms with Gasteiger partial charge in [-0.05, 0) is 19.1 Å². The van der Waals surface area contributed by atoms with Crippen LogP contribution < -0.4 is 0 Å². The van der Waals surface area contributed by atoms with Gasteiger partial charge in [0.15, 0.2) is 0 Å². The number of esters is 1. The molecule has 0 saturated carbocycles. The first kappa shape index (κ1) is 16.4. The molecule has 8 heteroatoms. The largest absolute Gasteiger partial charge is 0.461 e. The molecule has 118 valence electrons. The zero-order valence-corrected chi connectivity index (χ0v) is 11.9. The molecule has 0 bridgehead atoms. The molecule has 1 aromatic carbocycles. The topological polar surface area (TPSA) is 59.4 Å². The van der Waals surface area contributed by atoms with Crippen molar-refractivity contribution in [3.05, 3.63) is 40.9 Å². The summed E-state index contributed by atoms with van der Waals surface area (Å²) in [6.07, 6.45) is -4.56. The number of nitrogens with zero attached hydrogens (tertiary/aromatic N) is 3. The Kier molecular flexibility index (Phi) is 4.28. The van der Waals surface area contributed by atoms with Crippen LogP contribution in [0.5, 0.6) is 0 Å². The summed E-state index contributed by atoms with van der Waals surface area (Å²) in [6, 6.07) is 5.51. The third-order valence-corrected chi connectivity index (χ3v) is 3.12. The normalized spacial score (nSPS) is 11.0. The van der Waals surface area contributed by atoms with Crippen LogP contribution in [0, 0.1) is 17.9 Å². The molecule has 0 fully saturated rings. The Morgan fingerprint density at radius 3 is 2.70 bits per heavy atom. The first-order valence-corrected chi connectivity index (χ1v) is 6.50. The molecule has 0 spiro atoms. The number of benzene rings is 1. The number of ether oxygens (including phenoxy) is 1. The number of halogens is 3. The molecular formula is C15H10F3N3O2. The molecule has 0 amide bonds. The summed E-state index contributed by atoms with van der Waals surface area (Å²) in [5.41, 5.74) is -0.310. The number of aromatic nitrogens is 1. The van der Waals surface area contributed by atoms with E-state index < -0.39 is 18.7 Å². The summed E-state index contributed by atoms with van der Waals surface area (Å²) < 4.78 is 44.0. The fourth-order valence-corrected chi connectivity index (χ4v) is 2.26. The minimum Gasteiger partial charge on any atom is -0.461 e. The molecule has 23 heavy (non-hydrogen) atoms. The van der Waals surface area contributed by atoms with E-state index in [1.54, 1.807) is 6.07 Å². The molecule has 0 saturated heterocycles. The van der Waals surface area contributed by atoms with Gasteiger partial charge in [0.25, 0.3) is 0 Å². The van der Waals surface area contributed by atoms with Crippen LogP contribution in [0.15, 0.2) is 18.2 Å². The lowest BCUT2D eigenvalue weighted by atomic mass is 10.1. The van der Waals surface area contributed by atoms with Gasteiger partial charge in [0.1, 0.15) is 12.2 Å². The Morgan fingerprint density at radius 2 is 2.17 bits per heavy atom. The summed E-state index contributed by atoms with van der Waals surface area (Å²) in [6.45, 7) is 7.16. The van der Waals surface area contributed by atoms with Gasteiger partial charge in [0, 0.05) is 10.9 Å². The third-order valence-electron chi connectivity index (χ3n) is 3.12. The van der Waals surface area contributed by atoms with Crippen LogP contribution >= 0.6 is 0 Å². The van der Waals surface area contributed by atoms with Gasteiger partial charge in [-0.15, -0.1) is 0 Å². The van der Waals surface area contributed by atoms with E-state index in [4.69, 9.17) is 11.3 Å². The number of carbonyl (C=O) groups is 1. The van der Waals surface area contributed by atoms with Crippen molar-refractivity contribution in [1.29, 1.82) is 5.26 Å². The van der Waals surface area contributed by atoms with Gasteiger partial charge in [-0.3, -0.25) is 0 Å². The van der Waals surface area contributed by atoms with E-state index in [1.165, 1.54) is 19.1 Å². The lowest BCUT2D eigenvalue weighted by Crippen LogP contribution is -2.21. The zero-order chi connectivity index (χ0) is 17.2. The van der Waals surface area contributed by atoms with E-state index in [9.17, 15) is 23.2 Å². The molecule has 0 aliphatic rings. The van der Waals surface area contributed by atoms with Crippen molar-refractivity contribution >= 4 is 22.6 Å². The fraction of sp³-hybridized carbons (Fsp3) is 0.267. The van der Waals surface area contributed by atoms with E-state index in [1.807, 2.05) is 0 Å². The van der Waals surface area contributed by atoms with Crippen LogP contribution in [0.25, 0.3) is 15.7 Å². The molecular weight excluding hydrogens is 311 g/mol. The number of hydrogen-bond acceptors (Lipinski definition) is 3. The summed E-state index contributed by atoms with van der Waals surface area (Å²) >= 11 is 0. The van der Waals surface area contributed by atoms with Crippen molar-refractivity contribution in [3.63, 3.8) is 0 Å². The van der Waals surface area contributed by atoms with Gasteiger partial charge in [0.05, 0.1) is 24.8 Å². The second kappa shape index (κ2) is 6.01. The first-order valence-electron chi connectivity index (χ1n) is 6.50. The van der Waals surface area contributed by atoms with E-state index in [-0.39, 0.29) is 34.5 Å². The molecule has 2 aromatic rings.